The van der Waals surface area contributed by atoms with E-state index in [-0.39, 0.29) is 6.42 Å². The van der Waals surface area contributed by atoms with Gasteiger partial charge >= 0.3 is 11.9 Å². The van der Waals surface area contributed by atoms with Crippen LogP contribution in [0.1, 0.15) is 51.9 Å². The van der Waals surface area contributed by atoms with E-state index in [2.05, 4.69) is 20.7 Å². The molecule has 0 aliphatic heterocycles. The van der Waals surface area contributed by atoms with Gasteiger partial charge in [0.05, 0.1) is 13.2 Å². The molecule has 0 N–H and O–H groups in total. The standard InChI is InChI=1S/C13H23BrO4/c1-2-17-12(15)11-13(16)18-10-8-6-4-3-5-7-9-14/h2-11H2,1H3. The van der Waals surface area contributed by atoms with E-state index in [1.807, 2.05) is 0 Å². The lowest BCUT2D eigenvalue weighted by Crippen LogP contribution is -2.14. The van der Waals surface area contributed by atoms with Crippen molar-refractivity contribution < 1.29 is 19.1 Å². The third kappa shape index (κ3) is 11.9. The summed E-state index contributed by atoms with van der Waals surface area (Å²) < 4.78 is 9.59. The molecule has 0 aliphatic carbocycles. The fourth-order valence-electron chi connectivity index (χ4n) is 1.47. The average molecular weight is 323 g/mol. The van der Waals surface area contributed by atoms with Crippen LogP contribution >= 0.6 is 15.9 Å². The van der Waals surface area contributed by atoms with Crippen LogP contribution in [-0.4, -0.2) is 30.5 Å². The van der Waals surface area contributed by atoms with Crippen molar-refractivity contribution in [1.29, 1.82) is 0 Å². The van der Waals surface area contributed by atoms with E-state index >= 15 is 0 Å². The fourth-order valence-corrected chi connectivity index (χ4v) is 1.87. The lowest BCUT2D eigenvalue weighted by Gasteiger charge is -2.04. The highest BCUT2D eigenvalue weighted by atomic mass is 79.9. The van der Waals surface area contributed by atoms with Gasteiger partial charge in [0.15, 0.2) is 0 Å². The molecule has 0 atom stereocenters. The first-order valence-corrected chi connectivity index (χ1v) is 7.70. The number of esters is 2. The maximum atomic E-state index is 11.2. The van der Waals surface area contributed by atoms with E-state index in [9.17, 15) is 9.59 Å². The number of hydrogen-bond donors (Lipinski definition) is 0. The Kier molecular flexibility index (Phi) is 12.5. The van der Waals surface area contributed by atoms with Gasteiger partial charge in [-0.15, -0.1) is 0 Å². The summed E-state index contributed by atoms with van der Waals surface area (Å²) in [6, 6.07) is 0. The molecular formula is C13H23BrO4. The Morgan fingerprint density at radius 3 is 2.06 bits per heavy atom. The minimum absolute atomic E-state index is 0.279. The number of carbonyl (C=O) groups is 2. The van der Waals surface area contributed by atoms with Gasteiger partial charge in [0.2, 0.25) is 0 Å². The Balaban J connectivity index is 3.27. The van der Waals surface area contributed by atoms with Gasteiger partial charge in [-0.25, -0.2) is 0 Å². The lowest BCUT2D eigenvalue weighted by atomic mass is 10.1. The second-order valence-electron chi connectivity index (χ2n) is 4.01. The quantitative estimate of drug-likeness (QED) is 0.254. The molecule has 0 spiro atoms. The zero-order chi connectivity index (χ0) is 13.6. The number of alkyl halides is 1. The minimum Gasteiger partial charge on any atom is -0.466 e. The normalized spacial score (nSPS) is 10.1. The Morgan fingerprint density at radius 2 is 1.44 bits per heavy atom. The molecule has 0 saturated heterocycles. The maximum absolute atomic E-state index is 11.2. The highest BCUT2D eigenvalue weighted by Crippen LogP contribution is 2.06. The SMILES string of the molecule is CCOC(=O)CC(=O)OCCCCCCCCBr. The Labute approximate surface area is 118 Å². The van der Waals surface area contributed by atoms with Crippen LogP contribution in [-0.2, 0) is 19.1 Å². The third-order valence-corrected chi connectivity index (χ3v) is 2.95. The van der Waals surface area contributed by atoms with Crippen LogP contribution in [0.25, 0.3) is 0 Å². The summed E-state index contributed by atoms with van der Waals surface area (Å²) >= 11 is 3.39. The number of unbranched alkanes of at least 4 members (excludes halogenated alkanes) is 5. The molecule has 4 nitrogen and oxygen atoms in total. The molecule has 5 heteroatoms. The molecule has 0 aliphatic rings. The number of ether oxygens (including phenoxy) is 2. The molecule has 106 valence electrons. The van der Waals surface area contributed by atoms with E-state index in [0.717, 1.165) is 18.2 Å². The summed E-state index contributed by atoms with van der Waals surface area (Å²) in [5.74, 6) is -1.01. The molecule has 0 heterocycles. The minimum atomic E-state index is -0.516. The third-order valence-electron chi connectivity index (χ3n) is 2.39. The predicted octanol–water partition coefficient (Wildman–Crippen LogP) is 3.22. The molecule has 0 saturated carbocycles. The van der Waals surface area contributed by atoms with E-state index in [1.165, 1.54) is 25.7 Å². The molecule has 0 aromatic rings. The van der Waals surface area contributed by atoms with Crippen molar-refractivity contribution >= 4 is 27.9 Å². The Hall–Kier alpha value is -0.580. The van der Waals surface area contributed by atoms with E-state index in [4.69, 9.17) is 4.74 Å². The molecule has 0 unspecified atom stereocenters. The van der Waals surface area contributed by atoms with Gasteiger partial charge in [0.1, 0.15) is 6.42 Å². The predicted molar refractivity (Wildman–Crippen MR) is 73.7 cm³/mol. The lowest BCUT2D eigenvalue weighted by molar-refractivity contribution is -0.154. The zero-order valence-electron chi connectivity index (χ0n) is 11.1. The first kappa shape index (κ1) is 17.4. The highest BCUT2D eigenvalue weighted by Gasteiger charge is 2.10. The fraction of sp³-hybridized carbons (Fsp3) is 0.846. The van der Waals surface area contributed by atoms with E-state index < -0.39 is 11.9 Å². The van der Waals surface area contributed by atoms with Gasteiger partial charge in [-0.2, -0.15) is 0 Å². The van der Waals surface area contributed by atoms with Gasteiger partial charge in [-0.3, -0.25) is 9.59 Å². The van der Waals surface area contributed by atoms with Crippen molar-refractivity contribution in [2.24, 2.45) is 0 Å². The van der Waals surface area contributed by atoms with E-state index in [0.29, 0.717) is 13.2 Å². The summed E-state index contributed by atoms with van der Waals surface area (Å²) in [5.41, 5.74) is 0. The van der Waals surface area contributed by atoms with Gasteiger partial charge < -0.3 is 9.47 Å². The highest BCUT2D eigenvalue weighted by molar-refractivity contribution is 9.09. The monoisotopic (exact) mass is 322 g/mol. The molecule has 0 bridgehead atoms. The van der Waals surface area contributed by atoms with Crippen LogP contribution in [0.2, 0.25) is 0 Å². The molecule has 0 aromatic carbocycles. The Bertz CT molecular complexity index is 231. The van der Waals surface area contributed by atoms with Crippen molar-refractivity contribution in [1.82, 2.24) is 0 Å². The summed E-state index contributed by atoms with van der Waals surface area (Å²) in [6.45, 7) is 2.40. The zero-order valence-corrected chi connectivity index (χ0v) is 12.7. The van der Waals surface area contributed by atoms with Crippen molar-refractivity contribution in [3.63, 3.8) is 0 Å². The van der Waals surface area contributed by atoms with Crippen molar-refractivity contribution in [2.75, 3.05) is 18.5 Å². The molecule has 18 heavy (non-hydrogen) atoms. The molecule has 0 fully saturated rings. The summed E-state index contributed by atoms with van der Waals surface area (Å²) in [6.07, 6.45) is 6.50. The van der Waals surface area contributed by atoms with Crippen LogP contribution in [0.3, 0.4) is 0 Å². The second kappa shape index (κ2) is 12.9. The first-order chi connectivity index (χ1) is 8.70. The molecule has 0 rings (SSSR count). The average Bonchev–Trinajstić information content (AvgIpc) is 2.32. The van der Waals surface area contributed by atoms with Crippen molar-refractivity contribution in [2.45, 2.75) is 51.9 Å². The number of halogens is 1. The number of rotatable bonds is 11. The van der Waals surface area contributed by atoms with Crippen LogP contribution in [0.5, 0.6) is 0 Å². The second-order valence-corrected chi connectivity index (χ2v) is 4.81. The van der Waals surface area contributed by atoms with Gasteiger partial charge in [0.25, 0.3) is 0 Å². The number of hydrogen-bond acceptors (Lipinski definition) is 4. The van der Waals surface area contributed by atoms with Crippen LogP contribution in [0, 0.1) is 0 Å². The summed E-state index contributed by atoms with van der Waals surface area (Å²) in [7, 11) is 0. The smallest absolute Gasteiger partial charge is 0.317 e. The topological polar surface area (TPSA) is 52.6 Å². The van der Waals surface area contributed by atoms with E-state index in [1.54, 1.807) is 6.92 Å². The summed E-state index contributed by atoms with van der Waals surface area (Å²) in [4.78, 5) is 22.1. The van der Waals surface area contributed by atoms with Crippen LogP contribution in [0.15, 0.2) is 0 Å². The van der Waals surface area contributed by atoms with Crippen molar-refractivity contribution in [3.05, 3.63) is 0 Å². The number of carbonyl (C=O) groups excluding carboxylic acids is 2. The van der Waals surface area contributed by atoms with Crippen LogP contribution in [0.4, 0.5) is 0 Å². The Morgan fingerprint density at radius 1 is 0.889 bits per heavy atom. The van der Waals surface area contributed by atoms with Crippen LogP contribution < -0.4 is 0 Å². The van der Waals surface area contributed by atoms with Gasteiger partial charge in [-0.05, 0) is 19.8 Å². The van der Waals surface area contributed by atoms with Gasteiger partial charge in [-0.1, -0.05) is 41.6 Å². The molecule has 0 aromatic heterocycles. The summed E-state index contributed by atoms with van der Waals surface area (Å²) in [5, 5.41) is 1.07. The van der Waals surface area contributed by atoms with Gasteiger partial charge in [0, 0.05) is 5.33 Å². The first-order valence-electron chi connectivity index (χ1n) is 6.58. The largest absolute Gasteiger partial charge is 0.466 e. The van der Waals surface area contributed by atoms with Crippen molar-refractivity contribution in [3.8, 4) is 0 Å². The molecular weight excluding hydrogens is 300 g/mol. The molecule has 0 amide bonds. The molecule has 0 radical (unpaired) electrons. The maximum Gasteiger partial charge on any atom is 0.317 e.